The monoisotopic (exact) mass is 519 g/mol. The summed E-state index contributed by atoms with van der Waals surface area (Å²) < 4.78 is -0.543. The number of quaternary nitrogens is 1. The number of amides is 5. The number of carbonyl (C=O) groups excluding carboxylic acids is 4. The summed E-state index contributed by atoms with van der Waals surface area (Å²) >= 11 is 0. The zero-order valence-corrected chi connectivity index (χ0v) is 22.2. The van der Waals surface area contributed by atoms with Gasteiger partial charge in [-0.05, 0) is 24.0 Å². The van der Waals surface area contributed by atoms with Gasteiger partial charge in [0, 0.05) is 38.9 Å². The van der Waals surface area contributed by atoms with Gasteiger partial charge >= 0.3 is 23.8 Å². The van der Waals surface area contributed by atoms with Crippen LogP contribution in [0.3, 0.4) is 0 Å². The number of hydrogen-bond donors (Lipinski definition) is 2. The van der Waals surface area contributed by atoms with E-state index in [-0.39, 0.29) is 25.6 Å². The van der Waals surface area contributed by atoms with Gasteiger partial charge in [-0.2, -0.15) is 4.48 Å². The van der Waals surface area contributed by atoms with Gasteiger partial charge in [-0.15, -0.1) is 0 Å². The molecule has 1 saturated carbocycles. The van der Waals surface area contributed by atoms with Crippen LogP contribution in [-0.4, -0.2) is 65.4 Å². The molecule has 1 heterocycles. The predicted molar refractivity (Wildman–Crippen MR) is 145 cm³/mol. The topological polar surface area (TPSA) is 95.6 Å². The molecule has 0 radical (unpaired) electrons. The average Bonchev–Trinajstić information content (AvgIpc) is 3.44. The lowest BCUT2D eigenvalue weighted by Crippen LogP contribution is -2.66. The van der Waals surface area contributed by atoms with Gasteiger partial charge in [0.2, 0.25) is 0 Å². The first-order chi connectivity index (χ1) is 18.4. The Labute approximate surface area is 225 Å². The fourth-order valence-corrected chi connectivity index (χ4v) is 5.62. The molecule has 0 spiro atoms. The van der Waals surface area contributed by atoms with Gasteiger partial charge in [0.25, 0.3) is 0 Å². The minimum atomic E-state index is -0.951. The van der Waals surface area contributed by atoms with Crippen LogP contribution in [0, 0.1) is 0 Å². The first-order valence-corrected chi connectivity index (χ1v) is 13.8. The average molecular weight is 520 g/mol. The molecule has 8 heteroatoms. The lowest BCUT2D eigenvalue weighted by molar-refractivity contribution is -0.762. The maximum Gasteiger partial charge on any atom is 0.411 e. The molecule has 202 valence electrons. The van der Waals surface area contributed by atoms with Crippen LogP contribution in [-0.2, 0) is 27.3 Å². The predicted octanol–water partition coefficient (Wildman–Crippen LogP) is 3.55. The normalized spacial score (nSPS) is 17.8. The molecule has 5 amide bonds. The van der Waals surface area contributed by atoms with Gasteiger partial charge in [-0.1, -0.05) is 79.9 Å². The largest absolute Gasteiger partial charge is 0.411 e. The van der Waals surface area contributed by atoms with E-state index in [0.717, 1.165) is 43.2 Å². The highest BCUT2D eigenvalue weighted by Gasteiger charge is 2.53. The second-order valence-corrected chi connectivity index (χ2v) is 10.6. The van der Waals surface area contributed by atoms with Crippen LogP contribution in [0.4, 0.5) is 4.79 Å². The van der Waals surface area contributed by atoms with Gasteiger partial charge in [0.05, 0.1) is 13.1 Å². The van der Waals surface area contributed by atoms with Crippen molar-refractivity contribution in [1.29, 1.82) is 0 Å². The number of hydrogen-bond acceptors (Lipinski definition) is 4. The number of nitrogens with one attached hydrogen (secondary N) is 2. The molecule has 0 aromatic heterocycles. The molecular weight excluding hydrogens is 480 g/mol. The minimum absolute atomic E-state index is 0.0237. The van der Waals surface area contributed by atoms with Crippen LogP contribution in [0.25, 0.3) is 0 Å². The number of imide groups is 1. The fraction of sp³-hybridized carbons (Fsp3) is 0.467. The van der Waals surface area contributed by atoms with Crippen LogP contribution >= 0.6 is 0 Å². The summed E-state index contributed by atoms with van der Waals surface area (Å²) in [7, 11) is 1.68. The number of nitrogens with zero attached hydrogens (tertiary/aromatic N) is 2. The molecular formula is C30H39N4O4+. The molecule has 0 bridgehead atoms. The Balaban J connectivity index is 1.54. The SMILES string of the molecule is CN(Cc1ccccc1)C(=O)NC(Cc1ccccc1)C(=O)[N+]1(C(=O)C(=O)NC2CCCCC2)CCCC1. The van der Waals surface area contributed by atoms with Gasteiger partial charge in [-0.25, -0.2) is 14.4 Å². The van der Waals surface area contributed by atoms with Crippen molar-refractivity contribution < 1.29 is 23.7 Å². The Morgan fingerprint density at radius 2 is 1.42 bits per heavy atom. The molecule has 1 aliphatic carbocycles. The maximum absolute atomic E-state index is 14.2. The van der Waals surface area contributed by atoms with Crippen LogP contribution < -0.4 is 10.6 Å². The first kappa shape index (κ1) is 27.5. The molecule has 4 rings (SSSR count). The molecule has 1 saturated heterocycles. The number of rotatable bonds is 7. The van der Waals surface area contributed by atoms with E-state index in [2.05, 4.69) is 10.6 Å². The summed E-state index contributed by atoms with van der Waals surface area (Å²) in [5.41, 5.74) is 1.84. The molecule has 1 aliphatic heterocycles. The third-order valence-electron chi connectivity index (χ3n) is 7.76. The van der Waals surface area contributed by atoms with Crippen molar-refractivity contribution in [1.82, 2.24) is 15.5 Å². The van der Waals surface area contributed by atoms with E-state index in [1.54, 1.807) is 7.05 Å². The van der Waals surface area contributed by atoms with Crippen molar-refractivity contribution in [3.8, 4) is 0 Å². The van der Waals surface area contributed by atoms with E-state index in [4.69, 9.17) is 0 Å². The second kappa shape index (κ2) is 12.8. The van der Waals surface area contributed by atoms with Gasteiger partial charge in [0.15, 0.2) is 6.04 Å². The molecule has 2 fully saturated rings. The Morgan fingerprint density at radius 1 is 0.842 bits per heavy atom. The molecule has 1 unspecified atom stereocenters. The summed E-state index contributed by atoms with van der Waals surface area (Å²) in [4.78, 5) is 55.6. The molecule has 8 nitrogen and oxygen atoms in total. The zero-order valence-electron chi connectivity index (χ0n) is 22.2. The number of likely N-dealkylation sites (tertiary alicyclic amines) is 1. The molecule has 2 aliphatic rings. The van der Waals surface area contributed by atoms with Crippen LogP contribution in [0.15, 0.2) is 60.7 Å². The van der Waals surface area contributed by atoms with E-state index in [9.17, 15) is 19.2 Å². The zero-order chi connectivity index (χ0) is 27.0. The summed E-state index contributed by atoms with van der Waals surface area (Å²) in [5, 5.41) is 5.80. The van der Waals surface area contributed by atoms with E-state index in [1.165, 1.54) is 4.90 Å². The Kier molecular flexibility index (Phi) is 9.29. The Bertz CT molecular complexity index is 1110. The summed E-state index contributed by atoms with van der Waals surface area (Å²) in [6, 6.07) is 17.7. The molecule has 1 atom stereocenters. The van der Waals surface area contributed by atoms with Crippen LogP contribution in [0.1, 0.15) is 56.1 Å². The molecule has 2 N–H and O–H groups in total. The van der Waals surface area contributed by atoms with E-state index in [0.29, 0.717) is 19.4 Å². The van der Waals surface area contributed by atoms with Gasteiger partial charge < -0.3 is 15.5 Å². The lowest BCUT2D eigenvalue weighted by atomic mass is 9.95. The smallest absolute Gasteiger partial charge is 0.342 e. The highest BCUT2D eigenvalue weighted by atomic mass is 16.2. The van der Waals surface area contributed by atoms with E-state index >= 15 is 0 Å². The third kappa shape index (κ3) is 6.67. The van der Waals surface area contributed by atoms with Gasteiger partial charge in [0.1, 0.15) is 0 Å². The van der Waals surface area contributed by atoms with Crippen LogP contribution in [0.2, 0.25) is 0 Å². The maximum atomic E-state index is 14.2. The van der Waals surface area contributed by atoms with E-state index in [1.807, 2.05) is 60.7 Å². The quantitative estimate of drug-likeness (QED) is 0.432. The highest BCUT2D eigenvalue weighted by Crippen LogP contribution is 2.25. The molecule has 2 aromatic carbocycles. The van der Waals surface area contributed by atoms with Crippen molar-refractivity contribution >= 4 is 23.8 Å². The number of benzene rings is 2. The Hall–Kier alpha value is -3.52. The number of carbonyl (C=O) groups is 4. The van der Waals surface area contributed by atoms with Crippen molar-refractivity contribution in [3.63, 3.8) is 0 Å². The second-order valence-electron chi connectivity index (χ2n) is 10.6. The highest BCUT2D eigenvalue weighted by molar-refractivity contribution is 6.33. The van der Waals surface area contributed by atoms with Crippen LogP contribution in [0.5, 0.6) is 0 Å². The summed E-state index contributed by atoms with van der Waals surface area (Å²) in [6.45, 7) is 0.926. The first-order valence-electron chi connectivity index (χ1n) is 13.8. The molecule has 2 aromatic rings. The van der Waals surface area contributed by atoms with E-state index < -0.39 is 34.3 Å². The lowest BCUT2D eigenvalue weighted by Gasteiger charge is -2.33. The molecule has 38 heavy (non-hydrogen) atoms. The fourth-order valence-electron chi connectivity index (χ4n) is 5.62. The van der Waals surface area contributed by atoms with Crippen molar-refractivity contribution in [2.75, 3.05) is 20.1 Å². The van der Waals surface area contributed by atoms with Crippen molar-refractivity contribution in [2.45, 2.75) is 70.0 Å². The van der Waals surface area contributed by atoms with Gasteiger partial charge in [-0.3, -0.25) is 4.79 Å². The van der Waals surface area contributed by atoms with Crippen molar-refractivity contribution in [2.24, 2.45) is 0 Å². The standard InChI is InChI=1S/C30H38N4O4/c1-33(22-24-15-7-3-8-16-24)30(38)32-26(21-23-13-5-2-6-14-23)28(36)34(19-11-12-20-34)29(37)27(35)31-25-17-9-4-10-18-25/h2-3,5-8,13-16,25-26H,4,9-12,17-22H2,1H3,(H-,31,32,35,38)/p+1. The summed E-state index contributed by atoms with van der Waals surface area (Å²) in [5.74, 6) is -1.81. The minimum Gasteiger partial charge on any atom is -0.342 e. The third-order valence-corrected chi connectivity index (χ3v) is 7.76. The Morgan fingerprint density at radius 3 is 2.03 bits per heavy atom. The van der Waals surface area contributed by atoms with Crippen molar-refractivity contribution in [3.05, 3.63) is 71.8 Å². The summed E-state index contributed by atoms with van der Waals surface area (Å²) in [6.07, 6.45) is 6.49. The number of urea groups is 1.